The molecule has 1 amide bonds. The molecule has 1 aliphatic heterocycles. The second kappa shape index (κ2) is 9.95. The number of amides is 1. The van der Waals surface area contributed by atoms with Gasteiger partial charge < -0.3 is 19.4 Å². The number of nitrogens with zero attached hydrogens (tertiary/aromatic N) is 1. The predicted molar refractivity (Wildman–Crippen MR) is 143 cm³/mol. The summed E-state index contributed by atoms with van der Waals surface area (Å²) in [6, 6.07) is 11.2. The summed E-state index contributed by atoms with van der Waals surface area (Å²) in [5.74, 6) is 1.40. The maximum atomic E-state index is 13.6. The first-order chi connectivity index (χ1) is 17.0. The van der Waals surface area contributed by atoms with Crippen LogP contribution in [0.2, 0.25) is 19.6 Å². The monoisotopic (exact) mass is 566 g/mol. The molecule has 0 saturated heterocycles. The van der Waals surface area contributed by atoms with Crippen molar-refractivity contribution in [1.29, 1.82) is 0 Å². The predicted octanol–water partition coefficient (Wildman–Crippen LogP) is 4.61. The lowest BCUT2D eigenvalue weighted by Crippen LogP contribution is -2.51. The summed E-state index contributed by atoms with van der Waals surface area (Å²) in [6.45, 7) is 6.16. The number of carbonyl (C=O) groups excluding carboxylic acids is 3. The minimum Gasteiger partial charge on any atom is -0.467 e. The third-order valence-corrected chi connectivity index (χ3v) is 7.45. The highest BCUT2D eigenvalue weighted by Gasteiger charge is 2.44. The molecule has 2 atom stereocenters. The van der Waals surface area contributed by atoms with E-state index in [0.29, 0.717) is 12.0 Å². The first kappa shape index (κ1) is 25.7. The van der Waals surface area contributed by atoms with E-state index in [1.165, 1.54) is 19.1 Å². The lowest BCUT2D eigenvalue weighted by molar-refractivity contribution is -0.153. The number of nitrogens with one attached hydrogen (secondary N) is 1. The first-order valence-electron chi connectivity index (χ1n) is 11.5. The highest BCUT2D eigenvalue weighted by molar-refractivity contribution is 9.10. The molecule has 186 valence electrons. The molecule has 0 spiro atoms. The Labute approximate surface area is 219 Å². The molecule has 0 aliphatic carbocycles. The Morgan fingerprint density at radius 1 is 1.06 bits per heavy atom. The smallest absolute Gasteiger partial charge is 0.337 e. The van der Waals surface area contributed by atoms with Crippen molar-refractivity contribution in [3.63, 3.8) is 0 Å². The van der Waals surface area contributed by atoms with E-state index in [2.05, 4.69) is 52.0 Å². The van der Waals surface area contributed by atoms with Crippen LogP contribution in [0.4, 0.5) is 0 Å². The van der Waals surface area contributed by atoms with Gasteiger partial charge in [-0.15, -0.1) is 5.54 Å². The number of aromatic nitrogens is 1. The fourth-order valence-corrected chi connectivity index (χ4v) is 5.30. The Kier molecular flexibility index (Phi) is 7.11. The zero-order chi connectivity index (χ0) is 26.2. The van der Waals surface area contributed by atoms with Crippen molar-refractivity contribution in [2.45, 2.75) is 38.1 Å². The molecule has 36 heavy (non-hydrogen) atoms. The van der Waals surface area contributed by atoms with Crippen LogP contribution >= 0.6 is 15.9 Å². The molecule has 0 unspecified atom stereocenters. The van der Waals surface area contributed by atoms with E-state index >= 15 is 0 Å². The van der Waals surface area contributed by atoms with Gasteiger partial charge in [-0.25, -0.2) is 9.59 Å². The Hall–Kier alpha value is -3.35. The van der Waals surface area contributed by atoms with Gasteiger partial charge in [0.15, 0.2) is 0 Å². The molecule has 1 N–H and O–H groups in total. The largest absolute Gasteiger partial charge is 0.467 e. The van der Waals surface area contributed by atoms with Gasteiger partial charge in [0.25, 0.3) is 5.91 Å². The molecule has 9 heteroatoms. The van der Waals surface area contributed by atoms with Crippen LogP contribution in [-0.2, 0) is 25.5 Å². The van der Waals surface area contributed by atoms with E-state index in [4.69, 9.17) is 9.47 Å². The summed E-state index contributed by atoms with van der Waals surface area (Å²) in [5, 5.41) is 0.971. The number of carbonyl (C=O) groups is 3. The fourth-order valence-electron chi connectivity index (χ4n) is 4.46. The maximum Gasteiger partial charge on any atom is 0.337 e. The number of hydrogen-bond acceptors (Lipinski definition) is 5. The lowest BCUT2D eigenvalue weighted by atomic mass is 9.87. The Bertz CT molecular complexity index is 1410. The zero-order valence-electron chi connectivity index (χ0n) is 20.8. The van der Waals surface area contributed by atoms with Crippen LogP contribution < -0.4 is 0 Å². The minimum atomic E-state index is -1.86. The number of esters is 2. The summed E-state index contributed by atoms with van der Waals surface area (Å²) < 4.78 is 10.9. The van der Waals surface area contributed by atoms with Crippen LogP contribution in [0.5, 0.6) is 0 Å². The molecule has 0 saturated carbocycles. The number of methoxy groups -OCH3 is 2. The van der Waals surface area contributed by atoms with Crippen molar-refractivity contribution in [3.05, 3.63) is 69.3 Å². The fraction of sp³-hybridized carbons (Fsp3) is 0.296. The van der Waals surface area contributed by atoms with Gasteiger partial charge in [-0.1, -0.05) is 53.8 Å². The second-order valence-corrected chi connectivity index (χ2v) is 15.3. The number of H-pyrrole nitrogens is 1. The summed E-state index contributed by atoms with van der Waals surface area (Å²) in [6.07, 6.45) is 0.292. The molecule has 0 bridgehead atoms. The summed E-state index contributed by atoms with van der Waals surface area (Å²) in [4.78, 5) is 43.7. The van der Waals surface area contributed by atoms with Crippen molar-refractivity contribution in [2.24, 2.45) is 0 Å². The highest BCUT2D eigenvalue weighted by atomic mass is 79.9. The van der Waals surface area contributed by atoms with E-state index in [0.717, 1.165) is 32.2 Å². The van der Waals surface area contributed by atoms with Crippen LogP contribution in [0.1, 0.15) is 33.2 Å². The molecule has 0 radical (unpaired) electrons. The average molecular weight is 568 g/mol. The molecule has 4 rings (SSSR count). The van der Waals surface area contributed by atoms with Crippen LogP contribution in [0.3, 0.4) is 0 Å². The van der Waals surface area contributed by atoms with Crippen LogP contribution in [0, 0.1) is 11.5 Å². The van der Waals surface area contributed by atoms with Gasteiger partial charge in [0.1, 0.15) is 14.1 Å². The number of rotatable bonds is 3. The SMILES string of the molecule is COC(=O)c1ccc([C@@H]2c3[nH]c4cc(Br)ccc4c3C[C@H](C(=O)OC)N2C(=O)C#C[Si](C)(C)C)cc1. The van der Waals surface area contributed by atoms with E-state index < -0.39 is 38.0 Å². The van der Waals surface area contributed by atoms with E-state index in [-0.39, 0.29) is 0 Å². The second-order valence-electron chi connectivity index (χ2n) is 9.68. The van der Waals surface area contributed by atoms with Gasteiger partial charge in [0.2, 0.25) is 0 Å². The lowest BCUT2D eigenvalue weighted by Gasteiger charge is -2.40. The van der Waals surface area contributed by atoms with Crippen LogP contribution in [0.25, 0.3) is 10.9 Å². The minimum absolute atomic E-state index is 0.292. The van der Waals surface area contributed by atoms with E-state index in [1.807, 2.05) is 18.2 Å². The summed E-state index contributed by atoms with van der Waals surface area (Å²) in [5.41, 5.74) is 6.87. The molecule has 2 heterocycles. The normalized spacial score (nSPS) is 17.1. The van der Waals surface area contributed by atoms with Crippen molar-refractivity contribution >= 4 is 52.8 Å². The molecule has 0 fully saturated rings. The Morgan fingerprint density at radius 3 is 2.36 bits per heavy atom. The molecule has 2 aromatic carbocycles. The van der Waals surface area contributed by atoms with Gasteiger partial charge in [-0.2, -0.15) is 0 Å². The van der Waals surface area contributed by atoms with Crippen LogP contribution in [0.15, 0.2) is 46.9 Å². The molecule has 3 aromatic rings. The summed E-state index contributed by atoms with van der Waals surface area (Å²) in [7, 11) is 0.784. The van der Waals surface area contributed by atoms with E-state index in [1.54, 1.807) is 24.3 Å². The zero-order valence-corrected chi connectivity index (χ0v) is 23.4. The number of ether oxygens (including phenoxy) is 2. The topological polar surface area (TPSA) is 88.7 Å². The Balaban J connectivity index is 1.95. The standard InChI is InChI=1S/C27H27BrN2O5Si/c1-34-26(32)17-8-6-16(7-9-17)25-24-20(19-11-10-18(28)14-21(19)29-24)15-22(27(33)35-2)30(25)23(31)12-13-36(3,4)5/h6-11,14,22,25,29H,15H2,1-5H3/t22-,25-/m1/s1. The van der Waals surface area contributed by atoms with Gasteiger partial charge in [-0.3, -0.25) is 4.79 Å². The van der Waals surface area contributed by atoms with Crippen molar-refractivity contribution < 1.29 is 23.9 Å². The van der Waals surface area contributed by atoms with Crippen molar-refractivity contribution in [1.82, 2.24) is 9.88 Å². The first-order valence-corrected chi connectivity index (χ1v) is 15.7. The molecule has 7 nitrogen and oxygen atoms in total. The summed E-state index contributed by atoms with van der Waals surface area (Å²) >= 11 is 3.52. The number of benzene rings is 2. The van der Waals surface area contributed by atoms with Crippen molar-refractivity contribution in [2.75, 3.05) is 14.2 Å². The van der Waals surface area contributed by atoms with E-state index in [9.17, 15) is 14.4 Å². The number of aromatic amines is 1. The third kappa shape index (κ3) is 4.97. The number of hydrogen-bond donors (Lipinski definition) is 1. The number of fused-ring (bicyclic) bond motifs is 3. The van der Waals surface area contributed by atoms with Crippen LogP contribution in [-0.4, -0.2) is 56.1 Å². The van der Waals surface area contributed by atoms with Crippen molar-refractivity contribution in [3.8, 4) is 11.5 Å². The molecular formula is C27H27BrN2O5Si. The van der Waals surface area contributed by atoms with Gasteiger partial charge >= 0.3 is 11.9 Å². The average Bonchev–Trinajstić information content (AvgIpc) is 3.21. The van der Waals surface area contributed by atoms with Gasteiger partial charge in [0.05, 0.1) is 25.8 Å². The number of halogens is 1. The quantitative estimate of drug-likeness (QED) is 0.284. The van der Waals surface area contributed by atoms with Gasteiger partial charge in [-0.05, 0) is 41.3 Å². The third-order valence-electron chi connectivity index (χ3n) is 6.09. The highest BCUT2D eigenvalue weighted by Crippen LogP contribution is 2.41. The molecule has 1 aromatic heterocycles. The maximum absolute atomic E-state index is 13.6. The van der Waals surface area contributed by atoms with Gasteiger partial charge in [0, 0.05) is 27.5 Å². The molecular weight excluding hydrogens is 540 g/mol. The Morgan fingerprint density at radius 2 is 1.75 bits per heavy atom. The molecule has 1 aliphatic rings.